The van der Waals surface area contributed by atoms with E-state index in [0.29, 0.717) is 38.2 Å². The van der Waals surface area contributed by atoms with Gasteiger partial charge in [0.2, 0.25) is 5.91 Å². The molecule has 6 nitrogen and oxygen atoms in total. The summed E-state index contributed by atoms with van der Waals surface area (Å²) in [7, 11) is 0. The summed E-state index contributed by atoms with van der Waals surface area (Å²) in [5, 5.41) is 10.6. The normalized spacial score (nSPS) is 11.8. The Bertz CT molecular complexity index is 733. The molecule has 25 heavy (non-hydrogen) atoms. The van der Waals surface area contributed by atoms with Crippen LogP contribution in [0.2, 0.25) is 0 Å². The first kappa shape index (κ1) is 19.0. The second-order valence-corrected chi connectivity index (χ2v) is 6.00. The van der Waals surface area contributed by atoms with Crippen molar-refractivity contribution in [2.24, 2.45) is 0 Å². The number of hydrogen-bond acceptors (Lipinski definition) is 3. The molecule has 0 aliphatic rings. The summed E-state index contributed by atoms with van der Waals surface area (Å²) in [5.74, 6) is -0.110. The van der Waals surface area contributed by atoms with E-state index < -0.39 is 11.9 Å². The predicted octanol–water partition coefficient (Wildman–Crippen LogP) is 2.62. The topological polar surface area (TPSA) is 64.7 Å². The monoisotopic (exact) mass is 357 g/mol. The van der Waals surface area contributed by atoms with Gasteiger partial charge in [-0.05, 0) is 39.3 Å². The van der Waals surface area contributed by atoms with Crippen LogP contribution in [0.5, 0.6) is 0 Å². The number of halogens is 3. The van der Waals surface area contributed by atoms with Crippen LogP contribution in [0.25, 0.3) is 0 Å². The summed E-state index contributed by atoms with van der Waals surface area (Å²) in [6.07, 6.45) is -3.63. The zero-order valence-electron chi connectivity index (χ0n) is 14.5. The molecule has 0 fully saturated rings. The van der Waals surface area contributed by atoms with Crippen molar-refractivity contribution in [2.45, 2.75) is 52.9 Å². The maximum atomic E-state index is 12.6. The molecule has 0 unspecified atom stereocenters. The van der Waals surface area contributed by atoms with E-state index in [1.807, 2.05) is 19.9 Å². The SMILES string of the molecule is Cc1cc(C)n(CCC(=O)NCCCn2nc(C(F)(F)F)cc2C)n1. The molecule has 138 valence electrons. The highest BCUT2D eigenvalue weighted by Crippen LogP contribution is 2.28. The number of carbonyl (C=O) groups is 1. The molecule has 0 bridgehead atoms. The van der Waals surface area contributed by atoms with Crippen LogP contribution < -0.4 is 5.32 Å². The van der Waals surface area contributed by atoms with Gasteiger partial charge < -0.3 is 5.32 Å². The van der Waals surface area contributed by atoms with Gasteiger partial charge in [0, 0.05) is 37.4 Å². The van der Waals surface area contributed by atoms with Crippen LogP contribution in [-0.2, 0) is 24.1 Å². The third kappa shape index (κ3) is 5.33. The molecule has 2 aromatic rings. The van der Waals surface area contributed by atoms with E-state index >= 15 is 0 Å². The molecule has 0 atom stereocenters. The lowest BCUT2D eigenvalue weighted by atomic mass is 10.3. The van der Waals surface area contributed by atoms with Crippen LogP contribution in [0.4, 0.5) is 13.2 Å². The van der Waals surface area contributed by atoms with Gasteiger partial charge in [-0.25, -0.2) is 0 Å². The third-order valence-corrected chi connectivity index (χ3v) is 3.79. The van der Waals surface area contributed by atoms with Gasteiger partial charge in [0.15, 0.2) is 5.69 Å². The van der Waals surface area contributed by atoms with Crippen molar-refractivity contribution in [1.29, 1.82) is 0 Å². The van der Waals surface area contributed by atoms with Gasteiger partial charge in [-0.2, -0.15) is 23.4 Å². The summed E-state index contributed by atoms with van der Waals surface area (Å²) in [5.41, 5.74) is 1.47. The Balaban J connectivity index is 1.71. The van der Waals surface area contributed by atoms with Gasteiger partial charge in [0.25, 0.3) is 0 Å². The Morgan fingerprint density at radius 1 is 1.08 bits per heavy atom. The first-order chi connectivity index (χ1) is 11.7. The molecule has 0 aromatic carbocycles. The summed E-state index contributed by atoms with van der Waals surface area (Å²) in [6.45, 7) is 6.61. The fourth-order valence-corrected chi connectivity index (χ4v) is 2.53. The number of aryl methyl sites for hydroxylation is 5. The van der Waals surface area contributed by atoms with Gasteiger partial charge in [-0.3, -0.25) is 14.2 Å². The molecule has 2 heterocycles. The van der Waals surface area contributed by atoms with E-state index in [1.54, 1.807) is 11.6 Å². The molecule has 0 aliphatic heterocycles. The van der Waals surface area contributed by atoms with Crippen LogP contribution >= 0.6 is 0 Å². The van der Waals surface area contributed by atoms with Crippen LogP contribution in [0, 0.1) is 20.8 Å². The molecule has 9 heteroatoms. The van der Waals surface area contributed by atoms with Gasteiger partial charge >= 0.3 is 6.18 Å². The summed E-state index contributed by atoms with van der Waals surface area (Å²) in [6, 6.07) is 2.96. The van der Waals surface area contributed by atoms with Crippen molar-refractivity contribution in [3.05, 3.63) is 34.9 Å². The molecule has 0 saturated heterocycles. The van der Waals surface area contributed by atoms with Crippen molar-refractivity contribution in [3.8, 4) is 0 Å². The average molecular weight is 357 g/mol. The largest absolute Gasteiger partial charge is 0.435 e. The van der Waals surface area contributed by atoms with Gasteiger partial charge in [0.1, 0.15) is 0 Å². The molecule has 2 rings (SSSR count). The molecule has 1 N–H and O–H groups in total. The number of nitrogens with zero attached hydrogens (tertiary/aromatic N) is 4. The number of alkyl halides is 3. The quantitative estimate of drug-likeness (QED) is 0.775. The molecular formula is C16H22F3N5O. The first-order valence-corrected chi connectivity index (χ1v) is 8.06. The van der Waals surface area contributed by atoms with Crippen molar-refractivity contribution >= 4 is 5.91 Å². The van der Waals surface area contributed by atoms with Crippen molar-refractivity contribution < 1.29 is 18.0 Å². The highest BCUT2D eigenvalue weighted by molar-refractivity contribution is 5.75. The lowest BCUT2D eigenvalue weighted by molar-refractivity contribution is -0.141. The second kappa shape index (κ2) is 7.71. The maximum Gasteiger partial charge on any atom is 0.435 e. The Morgan fingerprint density at radius 3 is 2.28 bits per heavy atom. The van der Waals surface area contributed by atoms with E-state index in [9.17, 15) is 18.0 Å². The lowest BCUT2D eigenvalue weighted by Crippen LogP contribution is -2.26. The number of carbonyl (C=O) groups excluding carboxylic acids is 1. The second-order valence-electron chi connectivity index (χ2n) is 6.00. The van der Waals surface area contributed by atoms with Gasteiger partial charge in [0.05, 0.1) is 5.69 Å². The summed E-state index contributed by atoms with van der Waals surface area (Å²) < 4.78 is 40.9. The number of amides is 1. The lowest BCUT2D eigenvalue weighted by Gasteiger charge is -2.08. The van der Waals surface area contributed by atoms with Crippen LogP contribution in [0.1, 0.15) is 35.6 Å². The molecule has 2 aromatic heterocycles. The molecular weight excluding hydrogens is 335 g/mol. The summed E-state index contributed by atoms with van der Waals surface area (Å²) >= 11 is 0. The standard InChI is InChI=1S/C16H22F3N5O/c1-11-9-12(2)24(21-11)8-5-15(25)20-6-4-7-23-13(3)10-14(22-23)16(17,18)19/h9-10H,4-8H2,1-3H3,(H,20,25). The van der Waals surface area contributed by atoms with E-state index in [4.69, 9.17) is 0 Å². The number of rotatable bonds is 7. The minimum Gasteiger partial charge on any atom is -0.356 e. The van der Waals surface area contributed by atoms with E-state index in [1.165, 1.54) is 4.68 Å². The zero-order valence-corrected chi connectivity index (χ0v) is 14.5. The summed E-state index contributed by atoms with van der Waals surface area (Å²) in [4.78, 5) is 11.8. The highest BCUT2D eigenvalue weighted by Gasteiger charge is 2.34. The molecule has 0 aliphatic carbocycles. The molecule has 0 saturated carbocycles. The van der Waals surface area contributed by atoms with E-state index in [2.05, 4.69) is 15.5 Å². The van der Waals surface area contributed by atoms with Crippen LogP contribution in [-0.4, -0.2) is 32.0 Å². The maximum absolute atomic E-state index is 12.6. The fraction of sp³-hybridized carbons (Fsp3) is 0.562. The van der Waals surface area contributed by atoms with Crippen molar-refractivity contribution in [3.63, 3.8) is 0 Å². The van der Waals surface area contributed by atoms with E-state index in [-0.39, 0.29) is 5.91 Å². The highest BCUT2D eigenvalue weighted by atomic mass is 19.4. The predicted molar refractivity (Wildman–Crippen MR) is 85.9 cm³/mol. The smallest absolute Gasteiger partial charge is 0.356 e. The van der Waals surface area contributed by atoms with Crippen LogP contribution in [0.15, 0.2) is 12.1 Å². The van der Waals surface area contributed by atoms with Crippen molar-refractivity contribution in [1.82, 2.24) is 24.9 Å². The van der Waals surface area contributed by atoms with Gasteiger partial charge in [-0.15, -0.1) is 0 Å². The third-order valence-electron chi connectivity index (χ3n) is 3.79. The number of nitrogens with one attached hydrogen (secondary N) is 1. The Morgan fingerprint density at radius 2 is 1.72 bits per heavy atom. The van der Waals surface area contributed by atoms with Crippen molar-refractivity contribution in [2.75, 3.05) is 6.54 Å². The Labute approximate surface area is 144 Å². The van der Waals surface area contributed by atoms with Crippen LogP contribution in [0.3, 0.4) is 0 Å². The molecule has 1 amide bonds. The number of aromatic nitrogens is 4. The number of hydrogen-bond donors (Lipinski definition) is 1. The fourth-order valence-electron chi connectivity index (χ4n) is 2.53. The minimum absolute atomic E-state index is 0.110. The van der Waals surface area contributed by atoms with Gasteiger partial charge in [-0.1, -0.05) is 0 Å². The average Bonchev–Trinajstić information content (AvgIpc) is 3.03. The molecule has 0 spiro atoms. The first-order valence-electron chi connectivity index (χ1n) is 8.06. The Hall–Kier alpha value is -2.32. The minimum atomic E-state index is -4.44. The van der Waals surface area contributed by atoms with E-state index in [0.717, 1.165) is 17.5 Å². The molecule has 0 radical (unpaired) electrons. The zero-order chi connectivity index (χ0) is 18.6. The Kier molecular flexibility index (Phi) is 5.86.